The predicted molar refractivity (Wildman–Crippen MR) is 107 cm³/mol. The van der Waals surface area contributed by atoms with Gasteiger partial charge in [-0.3, -0.25) is 0 Å². The van der Waals surface area contributed by atoms with Crippen molar-refractivity contribution in [2.75, 3.05) is 19.1 Å². The summed E-state index contributed by atoms with van der Waals surface area (Å²) in [7, 11) is 0. The molecule has 2 aromatic carbocycles. The van der Waals surface area contributed by atoms with Crippen LogP contribution in [-0.2, 0) is 0 Å². The maximum absolute atomic E-state index is 9.21. The van der Waals surface area contributed by atoms with Gasteiger partial charge in [-0.25, -0.2) is 0 Å². The second-order valence-electron chi connectivity index (χ2n) is 5.75. The van der Waals surface area contributed by atoms with Crippen molar-refractivity contribution >= 4 is 23.4 Å². The monoisotopic (exact) mass is 398 g/mol. The Kier molecular flexibility index (Phi) is 11.4. The summed E-state index contributed by atoms with van der Waals surface area (Å²) in [4.78, 5) is 2.32. The van der Waals surface area contributed by atoms with E-state index in [0.717, 1.165) is 11.3 Å². The van der Waals surface area contributed by atoms with Crippen molar-refractivity contribution in [3.63, 3.8) is 0 Å². The van der Waals surface area contributed by atoms with Gasteiger partial charge in [0.25, 0.3) is 0 Å². The van der Waals surface area contributed by atoms with Crippen LogP contribution in [0.3, 0.4) is 0 Å². The number of aliphatic hydroxyl groups excluding tert-OH is 3. The molecule has 0 radical (unpaired) electrons. The molecule has 3 N–H and O–H groups in total. The number of ether oxygens (including phenoxy) is 1. The summed E-state index contributed by atoms with van der Waals surface area (Å²) in [6.45, 7) is 3.77. The van der Waals surface area contributed by atoms with Gasteiger partial charge in [0, 0.05) is 15.7 Å². The Labute approximate surface area is 164 Å². The van der Waals surface area contributed by atoms with Crippen molar-refractivity contribution in [3.8, 4) is 5.75 Å². The molecular weight excluding hydrogens is 372 g/mol. The van der Waals surface area contributed by atoms with E-state index in [1.807, 2.05) is 31.2 Å². The Bertz CT molecular complexity index is 600. The van der Waals surface area contributed by atoms with Gasteiger partial charge in [0.15, 0.2) is 0 Å². The van der Waals surface area contributed by atoms with Crippen LogP contribution in [0.25, 0.3) is 0 Å². The van der Waals surface area contributed by atoms with E-state index in [9.17, 15) is 5.11 Å². The highest BCUT2D eigenvalue weighted by molar-refractivity contribution is 7.99. The first-order valence-electron chi connectivity index (χ1n) is 8.48. The van der Waals surface area contributed by atoms with Crippen molar-refractivity contribution in [3.05, 3.63) is 54.1 Å². The van der Waals surface area contributed by atoms with Gasteiger partial charge in [-0.15, -0.1) is 11.6 Å². The van der Waals surface area contributed by atoms with Crippen molar-refractivity contribution < 1.29 is 20.1 Å². The van der Waals surface area contributed by atoms with Crippen LogP contribution in [0.1, 0.15) is 18.9 Å². The first kappa shape index (κ1) is 22.8. The summed E-state index contributed by atoms with van der Waals surface area (Å²) in [5, 5.41) is 26.5. The molecule has 26 heavy (non-hydrogen) atoms. The maximum atomic E-state index is 9.21. The van der Waals surface area contributed by atoms with E-state index in [1.54, 1.807) is 11.8 Å². The lowest BCUT2D eigenvalue weighted by Gasteiger charge is -2.10. The molecule has 0 aliphatic rings. The molecule has 6 heteroatoms. The molecule has 0 bridgehead atoms. The van der Waals surface area contributed by atoms with Crippen molar-refractivity contribution in [2.24, 2.45) is 0 Å². The predicted octanol–water partition coefficient (Wildman–Crippen LogP) is 3.87. The first-order valence-corrected chi connectivity index (χ1v) is 9.83. The Morgan fingerprint density at radius 3 is 1.92 bits per heavy atom. The number of halogens is 1. The van der Waals surface area contributed by atoms with Crippen LogP contribution < -0.4 is 4.74 Å². The fourth-order valence-corrected chi connectivity index (χ4v) is 2.74. The Morgan fingerprint density at radius 2 is 1.50 bits per heavy atom. The summed E-state index contributed by atoms with van der Waals surface area (Å²) in [6.07, 6.45) is -0.382. The molecule has 0 fully saturated rings. The molecule has 0 heterocycles. The van der Waals surface area contributed by atoms with Gasteiger partial charge in [-0.05, 0) is 49.7 Å². The standard InChI is InChI=1S/C16H18O3S.C4H9ClO/c1-12-2-6-15(7-3-12)20-16-8-4-14(5-9-16)19-11-13(18)10-17;1-2-4(6)3-5/h2-9,13,17-18H,10-11H2,1H3;4,6H,2-3H2,1H3. The van der Waals surface area contributed by atoms with E-state index in [0.29, 0.717) is 11.6 Å². The van der Waals surface area contributed by atoms with Crippen LogP contribution in [0.5, 0.6) is 5.75 Å². The molecule has 0 aromatic heterocycles. The van der Waals surface area contributed by atoms with Crippen molar-refractivity contribution in [1.82, 2.24) is 0 Å². The molecule has 2 unspecified atom stereocenters. The molecule has 0 aliphatic heterocycles. The summed E-state index contributed by atoms with van der Waals surface area (Å²) >= 11 is 6.89. The topological polar surface area (TPSA) is 69.9 Å². The molecule has 0 saturated heterocycles. The van der Waals surface area contributed by atoms with E-state index in [-0.39, 0.29) is 19.3 Å². The summed E-state index contributed by atoms with van der Waals surface area (Å²) in [6, 6.07) is 16.1. The zero-order valence-electron chi connectivity index (χ0n) is 15.1. The third-order valence-corrected chi connectivity index (χ3v) is 4.75. The van der Waals surface area contributed by atoms with Crippen LogP contribution >= 0.6 is 23.4 Å². The van der Waals surface area contributed by atoms with E-state index in [1.165, 1.54) is 10.5 Å². The molecule has 144 valence electrons. The van der Waals surface area contributed by atoms with Crippen molar-refractivity contribution in [1.29, 1.82) is 0 Å². The third-order valence-electron chi connectivity index (χ3n) is 3.38. The van der Waals surface area contributed by atoms with Gasteiger partial charge < -0.3 is 20.1 Å². The van der Waals surface area contributed by atoms with Crippen LogP contribution in [-0.4, -0.2) is 46.6 Å². The number of hydrogen-bond acceptors (Lipinski definition) is 5. The van der Waals surface area contributed by atoms with Crippen LogP contribution in [0.15, 0.2) is 58.3 Å². The SMILES string of the molecule is CCC(O)CCl.Cc1ccc(Sc2ccc(OCC(O)CO)cc2)cc1. The number of alkyl halides is 1. The first-order chi connectivity index (χ1) is 12.5. The highest BCUT2D eigenvalue weighted by atomic mass is 35.5. The summed E-state index contributed by atoms with van der Waals surface area (Å²) < 4.78 is 5.36. The van der Waals surface area contributed by atoms with E-state index < -0.39 is 6.10 Å². The minimum Gasteiger partial charge on any atom is -0.491 e. The zero-order valence-corrected chi connectivity index (χ0v) is 16.7. The van der Waals surface area contributed by atoms with Crippen LogP contribution in [0.2, 0.25) is 0 Å². The Morgan fingerprint density at radius 1 is 0.962 bits per heavy atom. The van der Waals surface area contributed by atoms with Gasteiger partial charge >= 0.3 is 0 Å². The lowest BCUT2D eigenvalue weighted by molar-refractivity contribution is 0.0536. The Balaban J connectivity index is 0.000000487. The fourth-order valence-electron chi connectivity index (χ4n) is 1.70. The summed E-state index contributed by atoms with van der Waals surface area (Å²) in [5.41, 5.74) is 1.25. The van der Waals surface area contributed by atoms with Crippen LogP contribution in [0.4, 0.5) is 0 Å². The fraction of sp³-hybridized carbons (Fsp3) is 0.400. The number of benzene rings is 2. The largest absolute Gasteiger partial charge is 0.491 e. The van der Waals surface area contributed by atoms with Crippen LogP contribution in [0, 0.1) is 6.92 Å². The molecule has 0 saturated carbocycles. The maximum Gasteiger partial charge on any atom is 0.119 e. The number of rotatable bonds is 8. The zero-order chi connectivity index (χ0) is 19.4. The molecule has 2 atom stereocenters. The van der Waals surface area contributed by atoms with E-state index in [2.05, 4.69) is 31.2 Å². The van der Waals surface area contributed by atoms with Gasteiger partial charge in [-0.1, -0.05) is 36.4 Å². The highest BCUT2D eigenvalue weighted by Crippen LogP contribution is 2.29. The highest BCUT2D eigenvalue weighted by Gasteiger charge is 2.03. The molecule has 2 aromatic rings. The van der Waals surface area contributed by atoms with Gasteiger partial charge in [-0.2, -0.15) is 0 Å². The number of aliphatic hydroxyl groups is 3. The summed E-state index contributed by atoms with van der Waals surface area (Å²) in [5.74, 6) is 1.04. The second kappa shape index (κ2) is 13.0. The van der Waals surface area contributed by atoms with E-state index in [4.69, 9.17) is 26.6 Å². The molecule has 2 rings (SSSR count). The smallest absolute Gasteiger partial charge is 0.119 e. The molecule has 0 aliphatic carbocycles. The number of aryl methyl sites for hydroxylation is 1. The quantitative estimate of drug-likeness (QED) is 0.589. The van der Waals surface area contributed by atoms with Gasteiger partial charge in [0.1, 0.15) is 18.5 Å². The number of hydrogen-bond donors (Lipinski definition) is 3. The lowest BCUT2D eigenvalue weighted by atomic mass is 10.2. The minimum absolute atomic E-state index is 0.0982. The third kappa shape index (κ3) is 9.46. The second-order valence-corrected chi connectivity index (χ2v) is 7.21. The lowest BCUT2D eigenvalue weighted by Crippen LogP contribution is -2.21. The average molecular weight is 399 g/mol. The minimum atomic E-state index is -0.836. The molecule has 4 nitrogen and oxygen atoms in total. The van der Waals surface area contributed by atoms with Gasteiger partial charge in [0.05, 0.1) is 12.7 Å². The van der Waals surface area contributed by atoms with Gasteiger partial charge in [0.2, 0.25) is 0 Å². The molecule has 0 spiro atoms. The molecular formula is C20H27ClO4S. The Hall–Kier alpha value is -1.24. The van der Waals surface area contributed by atoms with E-state index >= 15 is 0 Å². The average Bonchev–Trinajstić information content (AvgIpc) is 2.68. The van der Waals surface area contributed by atoms with Crippen molar-refractivity contribution in [2.45, 2.75) is 42.3 Å². The normalized spacial score (nSPS) is 12.7. The molecule has 0 amide bonds.